The van der Waals surface area contributed by atoms with E-state index < -0.39 is 0 Å². The molecule has 0 spiro atoms. The summed E-state index contributed by atoms with van der Waals surface area (Å²) in [5.41, 5.74) is 1.07. The number of ether oxygens (including phenoxy) is 1. The number of esters is 1. The molecular weight excluding hydrogens is 392 g/mol. The van der Waals surface area contributed by atoms with E-state index in [1.54, 1.807) is 6.92 Å². The van der Waals surface area contributed by atoms with Crippen molar-refractivity contribution in [3.05, 3.63) is 0 Å². The molecule has 0 radical (unpaired) electrons. The van der Waals surface area contributed by atoms with Crippen molar-refractivity contribution in [1.29, 1.82) is 0 Å². The second kappa shape index (κ2) is 9.26. The van der Waals surface area contributed by atoms with Crippen LogP contribution in [-0.2, 0) is 9.53 Å². The molecule has 2 nitrogen and oxygen atoms in total. The number of hydrogen-bond donors (Lipinski definition) is 0. The van der Waals surface area contributed by atoms with Gasteiger partial charge >= 0.3 is 5.97 Å². The smallest absolute Gasteiger partial charge is 0.302 e. The van der Waals surface area contributed by atoms with Crippen molar-refractivity contribution in [3.63, 3.8) is 0 Å². The van der Waals surface area contributed by atoms with E-state index in [9.17, 15) is 4.79 Å². The fourth-order valence-electron chi connectivity index (χ4n) is 9.60. The second-order valence-electron chi connectivity index (χ2n) is 13.7. The zero-order chi connectivity index (χ0) is 23.3. The van der Waals surface area contributed by atoms with Crippen LogP contribution in [0.5, 0.6) is 0 Å². The summed E-state index contributed by atoms with van der Waals surface area (Å²) in [6.45, 7) is 16.7. The Morgan fingerprint density at radius 2 is 1.56 bits per heavy atom. The van der Waals surface area contributed by atoms with Gasteiger partial charge in [-0.15, -0.1) is 0 Å². The zero-order valence-corrected chi connectivity index (χ0v) is 22.3. The van der Waals surface area contributed by atoms with Crippen LogP contribution >= 0.6 is 0 Å². The van der Waals surface area contributed by atoms with Crippen molar-refractivity contribution < 1.29 is 9.53 Å². The lowest BCUT2D eigenvalue weighted by atomic mass is 9.44. The number of rotatable bonds is 6. The number of fused-ring (bicyclic) bond motifs is 5. The molecule has 0 bridgehead atoms. The van der Waals surface area contributed by atoms with Gasteiger partial charge in [-0.1, -0.05) is 54.4 Å². The molecular formula is C30H52O2. The molecule has 0 saturated heterocycles. The number of hydrogen-bond acceptors (Lipinski definition) is 2. The zero-order valence-electron chi connectivity index (χ0n) is 22.3. The first kappa shape index (κ1) is 24.6. The van der Waals surface area contributed by atoms with E-state index in [0.717, 1.165) is 60.2 Å². The first-order chi connectivity index (χ1) is 15.1. The molecule has 2 heteroatoms. The molecule has 4 saturated carbocycles. The van der Waals surface area contributed by atoms with Gasteiger partial charge in [0.15, 0.2) is 0 Å². The Hall–Kier alpha value is -0.530. The summed E-state index contributed by atoms with van der Waals surface area (Å²) in [7, 11) is 0. The summed E-state index contributed by atoms with van der Waals surface area (Å²) < 4.78 is 5.66. The van der Waals surface area contributed by atoms with Gasteiger partial charge in [0.1, 0.15) is 6.10 Å². The van der Waals surface area contributed by atoms with Crippen LogP contribution in [0.15, 0.2) is 0 Å². The molecule has 4 aliphatic rings. The van der Waals surface area contributed by atoms with Crippen LogP contribution in [0.1, 0.15) is 119 Å². The lowest BCUT2D eigenvalue weighted by Crippen LogP contribution is -2.54. The Morgan fingerprint density at radius 3 is 2.25 bits per heavy atom. The topological polar surface area (TPSA) is 26.3 Å². The van der Waals surface area contributed by atoms with Crippen molar-refractivity contribution in [2.75, 3.05) is 0 Å². The summed E-state index contributed by atoms with van der Waals surface area (Å²) in [5.74, 6) is 6.99. The highest BCUT2D eigenvalue weighted by Crippen LogP contribution is 2.68. The molecule has 184 valence electrons. The maximum atomic E-state index is 11.5. The molecule has 0 aromatic carbocycles. The minimum absolute atomic E-state index is 0.0883. The Labute approximate surface area is 199 Å². The van der Waals surface area contributed by atoms with Crippen molar-refractivity contribution in [3.8, 4) is 0 Å². The van der Waals surface area contributed by atoms with Gasteiger partial charge in [0, 0.05) is 6.92 Å². The van der Waals surface area contributed by atoms with Gasteiger partial charge in [-0.2, -0.15) is 0 Å². The van der Waals surface area contributed by atoms with Gasteiger partial charge in [0.05, 0.1) is 0 Å². The van der Waals surface area contributed by atoms with Crippen LogP contribution in [0.4, 0.5) is 0 Å². The predicted octanol–water partition coefficient (Wildman–Crippen LogP) is 8.29. The van der Waals surface area contributed by atoms with Crippen molar-refractivity contribution in [1.82, 2.24) is 0 Å². The first-order valence-corrected chi connectivity index (χ1v) is 14.2. The van der Waals surface area contributed by atoms with E-state index in [1.165, 1.54) is 57.8 Å². The van der Waals surface area contributed by atoms with Crippen LogP contribution < -0.4 is 0 Å². The number of carbonyl (C=O) groups excluding carboxylic acids is 1. The highest BCUT2D eigenvalue weighted by molar-refractivity contribution is 5.66. The standard InChI is InChI=1S/C30H52O2/c1-19(2)20(3)8-9-21(4)26-12-13-27-25-11-10-23-18-24(32-22(5)31)14-16-29(23,6)28(25)15-17-30(26,27)7/h19-21,23-28H,8-18H2,1-7H3/t20-,21+,23+,24+,25+,26+,27-,28+,29+,30-/m0/s1. The van der Waals surface area contributed by atoms with Crippen LogP contribution in [0, 0.1) is 58.2 Å². The normalized spacial score (nSPS) is 45.5. The molecule has 32 heavy (non-hydrogen) atoms. The molecule has 0 aromatic rings. The van der Waals surface area contributed by atoms with E-state index in [1.807, 2.05) is 0 Å². The summed E-state index contributed by atoms with van der Waals surface area (Å²) >= 11 is 0. The monoisotopic (exact) mass is 444 g/mol. The average molecular weight is 445 g/mol. The van der Waals surface area contributed by atoms with Gasteiger partial charge in [-0.3, -0.25) is 4.79 Å². The summed E-state index contributed by atoms with van der Waals surface area (Å²) in [4.78, 5) is 11.5. The molecule has 10 atom stereocenters. The molecule has 0 N–H and O–H groups in total. The van der Waals surface area contributed by atoms with Gasteiger partial charge in [0.25, 0.3) is 0 Å². The predicted molar refractivity (Wildman–Crippen MR) is 133 cm³/mol. The Bertz CT molecular complexity index is 670. The van der Waals surface area contributed by atoms with E-state index in [-0.39, 0.29) is 12.1 Å². The van der Waals surface area contributed by atoms with E-state index in [0.29, 0.717) is 10.8 Å². The minimum atomic E-state index is -0.0883. The lowest BCUT2D eigenvalue weighted by Gasteiger charge is -2.61. The average Bonchev–Trinajstić information content (AvgIpc) is 3.08. The molecule has 0 aromatic heterocycles. The van der Waals surface area contributed by atoms with E-state index in [2.05, 4.69) is 41.5 Å². The second-order valence-corrected chi connectivity index (χ2v) is 13.7. The van der Waals surface area contributed by atoms with Gasteiger partial charge in [-0.05, 0) is 116 Å². The fourth-order valence-corrected chi connectivity index (χ4v) is 9.60. The lowest BCUT2D eigenvalue weighted by molar-refractivity contribution is -0.160. The van der Waals surface area contributed by atoms with Gasteiger partial charge in [-0.25, -0.2) is 0 Å². The third-order valence-corrected chi connectivity index (χ3v) is 11.9. The Balaban J connectivity index is 1.43. The highest BCUT2D eigenvalue weighted by atomic mass is 16.5. The van der Waals surface area contributed by atoms with Crippen LogP contribution in [0.3, 0.4) is 0 Å². The largest absolute Gasteiger partial charge is 0.463 e. The maximum Gasteiger partial charge on any atom is 0.302 e. The molecule has 4 fully saturated rings. The van der Waals surface area contributed by atoms with Gasteiger partial charge in [0.2, 0.25) is 0 Å². The molecule has 4 rings (SSSR count). The SMILES string of the molecule is CC(=O)O[C@@H]1CC[C@]2(C)[C@H](CC[C@H]3[C@H]2CC[C@@]2(C)[C@@H]([C@H](C)CC[C@H](C)C(C)C)CC[C@@H]32)C1. The molecule has 0 aliphatic heterocycles. The van der Waals surface area contributed by atoms with Crippen molar-refractivity contribution >= 4 is 5.97 Å². The Kier molecular flexibility index (Phi) is 7.11. The number of carbonyl (C=O) groups is 1. The van der Waals surface area contributed by atoms with Crippen LogP contribution in [0.2, 0.25) is 0 Å². The van der Waals surface area contributed by atoms with Crippen LogP contribution in [0.25, 0.3) is 0 Å². The maximum absolute atomic E-state index is 11.5. The van der Waals surface area contributed by atoms with E-state index >= 15 is 0 Å². The third kappa shape index (κ3) is 4.31. The third-order valence-electron chi connectivity index (χ3n) is 11.9. The summed E-state index contributed by atoms with van der Waals surface area (Å²) in [6.07, 6.45) is 15.2. The molecule has 0 heterocycles. The van der Waals surface area contributed by atoms with Gasteiger partial charge < -0.3 is 4.74 Å². The first-order valence-electron chi connectivity index (χ1n) is 14.2. The molecule has 0 amide bonds. The van der Waals surface area contributed by atoms with Crippen molar-refractivity contribution in [2.24, 2.45) is 58.2 Å². The fraction of sp³-hybridized carbons (Fsp3) is 0.967. The highest BCUT2D eigenvalue weighted by Gasteiger charge is 2.60. The van der Waals surface area contributed by atoms with Crippen LogP contribution in [-0.4, -0.2) is 12.1 Å². The summed E-state index contributed by atoms with van der Waals surface area (Å²) in [5, 5.41) is 0. The minimum Gasteiger partial charge on any atom is -0.463 e. The molecule has 4 aliphatic carbocycles. The Morgan fingerprint density at radius 1 is 0.875 bits per heavy atom. The summed E-state index contributed by atoms with van der Waals surface area (Å²) in [6, 6.07) is 0. The van der Waals surface area contributed by atoms with E-state index in [4.69, 9.17) is 4.74 Å². The quantitative estimate of drug-likeness (QED) is 0.385. The van der Waals surface area contributed by atoms with Crippen molar-refractivity contribution in [2.45, 2.75) is 125 Å². The molecule has 0 unspecified atom stereocenters.